The van der Waals surface area contributed by atoms with Gasteiger partial charge in [0.2, 0.25) is 11.7 Å². The third-order valence-electron chi connectivity index (χ3n) is 5.69. The number of aryl methyl sites for hydroxylation is 1. The minimum absolute atomic E-state index is 0.0198. The average molecular weight is 434 g/mol. The van der Waals surface area contributed by atoms with Crippen LogP contribution in [0.5, 0.6) is 0 Å². The van der Waals surface area contributed by atoms with Crippen LogP contribution in [0.4, 0.5) is 0 Å². The van der Waals surface area contributed by atoms with E-state index >= 15 is 0 Å². The minimum Gasteiger partial charge on any atom is -0.339 e. The van der Waals surface area contributed by atoms with Crippen LogP contribution in [-0.2, 0) is 13.5 Å². The Morgan fingerprint density at radius 2 is 2.10 bits per heavy atom. The summed E-state index contributed by atoms with van der Waals surface area (Å²) in [5.41, 5.74) is 3.40. The van der Waals surface area contributed by atoms with E-state index in [0.717, 1.165) is 36.2 Å². The van der Waals surface area contributed by atoms with Crippen molar-refractivity contribution < 1.29 is 9.32 Å². The summed E-state index contributed by atoms with van der Waals surface area (Å²) < 4.78 is 7.15. The molecule has 3 aromatic heterocycles. The summed E-state index contributed by atoms with van der Waals surface area (Å²) in [6.45, 7) is 1.44. The molecule has 1 atom stereocenters. The lowest BCUT2D eigenvalue weighted by Gasteiger charge is -2.32. The first-order valence-electron chi connectivity index (χ1n) is 10.4. The smallest absolute Gasteiger partial charge is 0.272 e. The standard InChI is InChI=1S/C23H23N5O2S/c1-27-20(13-19(25-27)17-7-3-2-4-8-17)23(29)28-10-5-6-16(14-28)12-21-24-22(26-30-21)18-9-11-31-15-18/h2-4,7-9,11,13,15-16H,5-6,10,12,14H2,1H3/t16-/m0/s1. The lowest BCUT2D eigenvalue weighted by atomic mass is 9.94. The number of hydrogen-bond donors (Lipinski definition) is 0. The van der Waals surface area contributed by atoms with Crippen molar-refractivity contribution in [1.29, 1.82) is 0 Å². The first-order chi connectivity index (χ1) is 15.2. The molecule has 1 aliphatic heterocycles. The fraction of sp³-hybridized carbons (Fsp3) is 0.304. The molecule has 1 fully saturated rings. The molecule has 0 saturated carbocycles. The summed E-state index contributed by atoms with van der Waals surface area (Å²) in [6, 6.07) is 13.8. The van der Waals surface area contributed by atoms with E-state index in [9.17, 15) is 4.79 Å². The van der Waals surface area contributed by atoms with Gasteiger partial charge in [-0.25, -0.2) is 0 Å². The zero-order valence-corrected chi connectivity index (χ0v) is 18.1. The molecule has 0 aliphatic carbocycles. The van der Waals surface area contributed by atoms with Gasteiger partial charge in [-0.05, 0) is 36.3 Å². The highest BCUT2D eigenvalue weighted by Gasteiger charge is 2.28. The van der Waals surface area contributed by atoms with Crippen LogP contribution >= 0.6 is 11.3 Å². The van der Waals surface area contributed by atoms with Crippen molar-refractivity contribution in [3.8, 4) is 22.6 Å². The molecule has 1 saturated heterocycles. The number of aromatic nitrogens is 4. The molecule has 1 aromatic carbocycles. The molecule has 158 valence electrons. The van der Waals surface area contributed by atoms with Crippen LogP contribution in [0.2, 0.25) is 0 Å². The van der Waals surface area contributed by atoms with Gasteiger partial charge in [0.05, 0.1) is 5.69 Å². The summed E-state index contributed by atoms with van der Waals surface area (Å²) in [7, 11) is 1.82. The predicted molar refractivity (Wildman–Crippen MR) is 119 cm³/mol. The van der Waals surface area contributed by atoms with Crippen molar-refractivity contribution in [1.82, 2.24) is 24.8 Å². The van der Waals surface area contributed by atoms with Gasteiger partial charge in [-0.15, -0.1) is 0 Å². The monoisotopic (exact) mass is 433 g/mol. The number of likely N-dealkylation sites (tertiary alicyclic amines) is 1. The maximum Gasteiger partial charge on any atom is 0.272 e. The van der Waals surface area contributed by atoms with Gasteiger partial charge in [0.25, 0.3) is 5.91 Å². The van der Waals surface area contributed by atoms with E-state index in [2.05, 4.69) is 15.2 Å². The second-order valence-corrected chi connectivity index (χ2v) is 8.67. The van der Waals surface area contributed by atoms with Gasteiger partial charge in [0.15, 0.2) is 0 Å². The van der Waals surface area contributed by atoms with E-state index in [4.69, 9.17) is 4.52 Å². The molecule has 5 rings (SSSR count). The number of carbonyl (C=O) groups excluding carboxylic acids is 1. The number of amides is 1. The Morgan fingerprint density at radius 1 is 1.23 bits per heavy atom. The van der Waals surface area contributed by atoms with Crippen LogP contribution < -0.4 is 0 Å². The zero-order valence-electron chi connectivity index (χ0n) is 17.3. The lowest BCUT2D eigenvalue weighted by molar-refractivity contribution is 0.0657. The summed E-state index contributed by atoms with van der Waals surface area (Å²) in [4.78, 5) is 19.7. The number of hydrogen-bond acceptors (Lipinski definition) is 6. The lowest BCUT2D eigenvalue weighted by Crippen LogP contribution is -2.41. The van der Waals surface area contributed by atoms with E-state index in [-0.39, 0.29) is 5.91 Å². The number of nitrogens with zero attached hydrogens (tertiary/aromatic N) is 5. The van der Waals surface area contributed by atoms with E-state index < -0.39 is 0 Å². The molecule has 4 heterocycles. The molecular weight excluding hydrogens is 410 g/mol. The van der Waals surface area contributed by atoms with Gasteiger partial charge in [0.1, 0.15) is 5.69 Å². The molecule has 7 nitrogen and oxygen atoms in total. The highest BCUT2D eigenvalue weighted by molar-refractivity contribution is 7.08. The molecule has 0 spiro atoms. The van der Waals surface area contributed by atoms with Crippen molar-refractivity contribution in [2.24, 2.45) is 13.0 Å². The maximum absolute atomic E-state index is 13.2. The Balaban J connectivity index is 1.27. The maximum atomic E-state index is 13.2. The summed E-state index contributed by atoms with van der Waals surface area (Å²) >= 11 is 1.61. The van der Waals surface area contributed by atoms with E-state index in [1.165, 1.54) is 0 Å². The number of benzene rings is 1. The Labute approximate surface area is 184 Å². The zero-order chi connectivity index (χ0) is 21.2. The normalized spacial score (nSPS) is 16.5. The summed E-state index contributed by atoms with van der Waals surface area (Å²) in [6.07, 6.45) is 2.69. The molecule has 0 N–H and O–H groups in total. The topological polar surface area (TPSA) is 77.1 Å². The molecule has 4 aromatic rings. The third kappa shape index (κ3) is 4.16. The van der Waals surface area contributed by atoms with Crippen molar-refractivity contribution in [3.63, 3.8) is 0 Å². The molecule has 1 amide bonds. The van der Waals surface area contributed by atoms with Gasteiger partial charge in [-0.3, -0.25) is 9.48 Å². The van der Waals surface area contributed by atoms with Gasteiger partial charge in [-0.2, -0.15) is 21.4 Å². The second-order valence-electron chi connectivity index (χ2n) is 7.89. The van der Waals surface area contributed by atoms with E-state index in [1.54, 1.807) is 16.0 Å². The first kappa shape index (κ1) is 19.7. The fourth-order valence-corrected chi connectivity index (χ4v) is 4.72. The van der Waals surface area contributed by atoms with Crippen LogP contribution in [0.3, 0.4) is 0 Å². The Morgan fingerprint density at radius 3 is 2.90 bits per heavy atom. The van der Waals surface area contributed by atoms with Gasteiger partial charge in [-0.1, -0.05) is 35.5 Å². The van der Waals surface area contributed by atoms with E-state index in [1.807, 2.05) is 65.2 Å². The Kier molecular flexibility index (Phi) is 5.38. The molecule has 0 bridgehead atoms. The van der Waals surface area contributed by atoms with Crippen LogP contribution in [-0.4, -0.2) is 43.8 Å². The van der Waals surface area contributed by atoms with Crippen molar-refractivity contribution in [2.75, 3.05) is 13.1 Å². The molecule has 8 heteroatoms. The van der Waals surface area contributed by atoms with Gasteiger partial charge >= 0.3 is 0 Å². The quantitative estimate of drug-likeness (QED) is 0.469. The average Bonchev–Trinajstić information content (AvgIpc) is 3.55. The molecule has 0 radical (unpaired) electrons. The number of thiophene rings is 1. The van der Waals surface area contributed by atoms with Gasteiger partial charge < -0.3 is 9.42 Å². The number of piperidine rings is 1. The number of carbonyl (C=O) groups is 1. The number of rotatable bonds is 5. The Hall–Kier alpha value is -3.26. The van der Waals surface area contributed by atoms with Crippen LogP contribution in [0.1, 0.15) is 29.2 Å². The highest BCUT2D eigenvalue weighted by atomic mass is 32.1. The molecule has 31 heavy (non-hydrogen) atoms. The third-order valence-corrected chi connectivity index (χ3v) is 6.37. The van der Waals surface area contributed by atoms with Gasteiger partial charge in [0, 0.05) is 43.1 Å². The van der Waals surface area contributed by atoms with Crippen molar-refractivity contribution in [3.05, 3.63) is 64.8 Å². The second kappa shape index (κ2) is 8.47. The van der Waals surface area contributed by atoms with E-state index in [0.29, 0.717) is 36.3 Å². The van der Waals surface area contributed by atoms with Crippen LogP contribution in [0.15, 0.2) is 57.7 Å². The molecule has 1 aliphatic rings. The Bertz CT molecular complexity index is 1170. The summed E-state index contributed by atoms with van der Waals surface area (Å²) in [5, 5.41) is 12.6. The van der Waals surface area contributed by atoms with Crippen LogP contribution in [0.25, 0.3) is 22.6 Å². The predicted octanol–water partition coefficient (Wildman–Crippen LogP) is 4.29. The van der Waals surface area contributed by atoms with Crippen LogP contribution in [0, 0.1) is 5.92 Å². The SMILES string of the molecule is Cn1nc(-c2ccccc2)cc1C(=O)N1CCC[C@@H](Cc2nc(-c3ccsc3)no2)C1. The minimum atomic E-state index is 0.0198. The molecular formula is C23H23N5O2S. The summed E-state index contributed by atoms with van der Waals surface area (Å²) in [5.74, 6) is 1.58. The molecule has 0 unspecified atom stereocenters. The van der Waals surface area contributed by atoms with Crippen molar-refractivity contribution in [2.45, 2.75) is 19.3 Å². The highest BCUT2D eigenvalue weighted by Crippen LogP contribution is 2.25. The first-order valence-corrected chi connectivity index (χ1v) is 11.4. The largest absolute Gasteiger partial charge is 0.339 e. The van der Waals surface area contributed by atoms with Crippen molar-refractivity contribution >= 4 is 17.2 Å². The fourth-order valence-electron chi connectivity index (χ4n) is 4.09.